The number of hydrogen-bond donors (Lipinski definition) is 0. The third-order valence-corrected chi connectivity index (χ3v) is 4.37. The van der Waals surface area contributed by atoms with Crippen molar-refractivity contribution in [2.24, 2.45) is 0 Å². The average Bonchev–Trinajstić information content (AvgIpc) is 3.07. The maximum Gasteiger partial charge on any atom is 0.280 e. The zero-order valence-electron chi connectivity index (χ0n) is 14.0. The van der Waals surface area contributed by atoms with Crippen molar-refractivity contribution >= 4 is 11.6 Å². The molecule has 0 atom stereocenters. The predicted molar refractivity (Wildman–Crippen MR) is 95.8 cm³/mol. The van der Waals surface area contributed by atoms with Gasteiger partial charge in [0.15, 0.2) is 5.69 Å². The van der Waals surface area contributed by atoms with Crippen molar-refractivity contribution in [3.8, 4) is 5.69 Å². The molecule has 2 aromatic carbocycles. The molecular formula is C19H19N5O. The Hall–Kier alpha value is -2.99. The molecule has 1 amide bonds. The quantitative estimate of drug-likeness (QED) is 0.722. The number of hydrogen-bond acceptors (Lipinski definition) is 4. The van der Waals surface area contributed by atoms with E-state index in [1.165, 1.54) is 11.0 Å². The van der Waals surface area contributed by atoms with Gasteiger partial charge in [-0.05, 0) is 30.8 Å². The highest BCUT2D eigenvalue weighted by molar-refractivity contribution is 6.05. The zero-order chi connectivity index (χ0) is 17.2. The number of aromatic nitrogens is 3. The molecule has 0 radical (unpaired) electrons. The van der Waals surface area contributed by atoms with Crippen molar-refractivity contribution in [2.45, 2.75) is 6.54 Å². The van der Waals surface area contributed by atoms with Crippen LogP contribution in [-0.4, -0.2) is 45.9 Å². The van der Waals surface area contributed by atoms with E-state index in [2.05, 4.69) is 28.2 Å². The number of benzene rings is 2. The molecule has 0 saturated heterocycles. The molecule has 0 fully saturated rings. The summed E-state index contributed by atoms with van der Waals surface area (Å²) in [6.45, 7) is 2.27. The molecule has 1 aromatic heterocycles. The van der Waals surface area contributed by atoms with Crippen molar-refractivity contribution < 1.29 is 4.79 Å². The monoisotopic (exact) mass is 333 g/mol. The lowest BCUT2D eigenvalue weighted by Gasteiger charge is -2.21. The van der Waals surface area contributed by atoms with E-state index in [4.69, 9.17) is 0 Å². The Morgan fingerprint density at radius 2 is 1.76 bits per heavy atom. The second kappa shape index (κ2) is 6.49. The molecule has 0 spiro atoms. The lowest BCUT2D eigenvalue weighted by atomic mass is 10.1. The van der Waals surface area contributed by atoms with Gasteiger partial charge in [0.1, 0.15) is 0 Å². The molecule has 0 aliphatic carbocycles. The van der Waals surface area contributed by atoms with E-state index < -0.39 is 0 Å². The summed E-state index contributed by atoms with van der Waals surface area (Å²) < 4.78 is 0. The van der Waals surface area contributed by atoms with Crippen molar-refractivity contribution in [3.05, 3.63) is 72.1 Å². The van der Waals surface area contributed by atoms with Crippen LogP contribution in [0.3, 0.4) is 0 Å². The van der Waals surface area contributed by atoms with E-state index in [9.17, 15) is 4.79 Å². The lowest BCUT2D eigenvalue weighted by Crippen LogP contribution is -2.35. The molecule has 126 valence electrons. The molecule has 4 rings (SSSR count). The fraction of sp³-hybridized carbons (Fsp3) is 0.211. The van der Waals surface area contributed by atoms with Gasteiger partial charge < -0.3 is 9.80 Å². The summed E-state index contributed by atoms with van der Waals surface area (Å²) in [6, 6.07) is 17.6. The van der Waals surface area contributed by atoms with E-state index in [0.29, 0.717) is 12.2 Å². The number of anilines is 1. The largest absolute Gasteiger partial charge is 0.305 e. The highest BCUT2D eigenvalue weighted by Crippen LogP contribution is 2.25. The smallest absolute Gasteiger partial charge is 0.280 e. The van der Waals surface area contributed by atoms with Crippen LogP contribution in [-0.2, 0) is 6.54 Å². The van der Waals surface area contributed by atoms with Crippen molar-refractivity contribution in [1.82, 2.24) is 19.9 Å². The third kappa shape index (κ3) is 3.04. The van der Waals surface area contributed by atoms with E-state index in [1.807, 2.05) is 48.5 Å². The molecule has 0 bridgehead atoms. The minimum absolute atomic E-state index is 0.120. The van der Waals surface area contributed by atoms with Crippen LogP contribution in [0.25, 0.3) is 5.69 Å². The zero-order valence-corrected chi connectivity index (χ0v) is 14.0. The summed E-state index contributed by atoms with van der Waals surface area (Å²) >= 11 is 0. The van der Waals surface area contributed by atoms with Gasteiger partial charge >= 0.3 is 0 Å². The van der Waals surface area contributed by atoms with Gasteiger partial charge in [-0.15, -0.1) is 5.10 Å². The molecule has 6 heteroatoms. The first-order valence-electron chi connectivity index (χ1n) is 8.28. The first-order chi connectivity index (χ1) is 12.2. The standard InChI is InChI=1S/C19H19N5O/c1-22-11-12-23(18-10-6-5-7-15(18)14-22)19(25)17-13-20-24(21-17)16-8-3-2-4-9-16/h2-10,13H,11-12,14H2,1H3. The summed E-state index contributed by atoms with van der Waals surface area (Å²) in [6.07, 6.45) is 1.53. The average molecular weight is 333 g/mol. The van der Waals surface area contributed by atoms with Gasteiger partial charge in [0.05, 0.1) is 11.9 Å². The fourth-order valence-corrected chi connectivity index (χ4v) is 3.06. The second-order valence-corrected chi connectivity index (χ2v) is 6.18. The van der Waals surface area contributed by atoms with Crippen molar-refractivity contribution in [1.29, 1.82) is 0 Å². The van der Waals surface area contributed by atoms with Crippen LogP contribution in [0.2, 0.25) is 0 Å². The summed E-state index contributed by atoms with van der Waals surface area (Å²) in [5.74, 6) is -0.120. The first-order valence-corrected chi connectivity index (χ1v) is 8.28. The van der Waals surface area contributed by atoms with Crippen LogP contribution in [0.15, 0.2) is 60.8 Å². The van der Waals surface area contributed by atoms with Gasteiger partial charge in [0.2, 0.25) is 0 Å². The fourth-order valence-electron chi connectivity index (χ4n) is 3.06. The van der Waals surface area contributed by atoms with Gasteiger partial charge in [-0.25, -0.2) is 0 Å². The van der Waals surface area contributed by atoms with Crippen molar-refractivity contribution in [3.63, 3.8) is 0 Å². The maximum atomic E-state index is 13.1. The third-order valence-electron chi connectivity index (χ3n) is 4.37. The Kier molecular flexibility index (Phi) is 4.03. The Morgan fingerprint density at radius 3 is 2.60 bits per heavy atom. The minimum Gasteiger partial charge on any atom is -0.305 e. The summed E-state index contributed by atoms with van der Waals surface area (Å²) in [7, 11) is 2.07. The molecule has 0 unspecified atom stereocenters. The molecule has 1 aliphatic heterocycles. The highest BCUT2D eigenvalue weighted by Gasteiger charge is 2.25. The van der Waals surface area contributed by atoms with E-state index >= 15 is 0 Å². The Morgan fingerprint density at radius 1 is 1.00 bits per heavy atom. The summed E-state index contributed by atoms with van der Waals surface area (Å²) in [4.78, 5) is 18.6. The van der Waals surface area contributed by atoms with Gasteiger partial charge in [-0.1, -0.05) is 36.4 Å². The summed E-state index contributed by atoms with van der Waals surface area (Å²) in [5.41, 5.74) is 3.28. The van der Waals surface area contributed by atoms with Gasteiger partial charge in [-0.2, -0.15) is 9.90 Å². The number of nitrogens with zero attached hydrogens (tertiary/aromatic N) is 5. The topological polar surface area (TPSA) is 54.3 Å². The number of carbonyl (C=O) groups excluding carboxylic acids is 1. The van der Waals surface area contributed by atoms with Crippen LogP contribution in [0, 0.1) is 0 Å². The maximum absolute atomic E-state index is 13.1. The number of para-hydroxylation sites is 2. The SMILES string of the molecule is CN1CCN(C(=O)c2cnn(-c3ccccc3)n2)c2ccccc2C1. The molecule has 6 nitrogen and oxygen atoms in total. The van der Waals surface area contributed by atoms with Crippen LogP contribution < -0.4 is 4.90 Å². The molecule has 2 heterocycles. The van der Waals surface area contributed by atoms with Gasteiger partial charge in [0, 0.05) is 25.3 Å². The van der Waals surface area contributed by atoms with Gasteiger partial charge in [0.25, 0.3) is 5.91 Å². The van der Waals surface area contributed by atoms with Gasteiger partial charge in [-0.3, -0.25) is 4.79 Å². The van der Waals surface area contributed by atoms with E-state index in [0.717, 1.165) is 30.0 Å². The van der Waals surface area contributed by atoms with Crippen LogP contribution in [0.1, 0.15) is 16.1 Å². The minimum atomic E-state index is -0.120. The van der Waals surface area contributed by atoms with Crippen molar-refractivity contribution in [2.75, 3.05) is 25.0 Å². The molecule has 0 N–H and O–H groups in total. The van der Waals surface area contributed by atoms with E-state index in [1.54, 1.807) is 4.90 Å². The number of rotatable bonds is 2. The number of fused-ring (bicyclic) bond motifs is 1. The predicted octanol–water partition coefficient (Wildman–Crippen LogP) is 2.36. The van der Waals surface area contributed by atoms with Crippen LogP contribution in [0.4, 0.5) is 5.69 Å². The van der Waals surface area contributed by atoms with E-state index in [-0.39, 0.29) is 5.91 Å². The first kappa shape index (κ1) is 15.5. The van der Waals surface area contributed by atoms with Crippen LogP contribution >= 0.6 is 0 Å². The molecule has 25 heavy (non-hydrogen) atoms. The second-order valence-electron chi connectivity index (χ2n) is 6.18. The lowest BCUT2D eigenvalue weighted by molar-refractivity contribution is 0.0980. The number of likely N-dealkylation sites (N-methyl/N-ethyl adjacent to an activating group) is 1. The molecule has 1 aliphatic rings. The molecular weight excluding hydrogens is 314 g/mol. The normalized spacial score (nSPS) is 14.8. The summed E-state index contributed by atoms with van der Waals surface area (Å²) in [5, 5.41) is 8.62. The number of amides is 1. The molecule has 3 aromatic rings. The Bertz CT molecular complexity index is 890. The van der Waals surface area contributed by atoms with Crippen LogP contribution in [0.5, 0.6) is 0 Å². The molecule has 0 saturated carbocycles. The number of carbonyl (C=O) groups is 1. The highest BCUT2D eigenvalue weighted by atomic mass is 16.2. The Labute approximate surface area is 146 Å². The Balaban J connectivity index is 1.66.